The quantitative estimate of drug-likeness (QED) is 0.357. The first-order valence-electron chi connectivity index (χ1n) is 14.4. The van der Waals surface area contributed by atoms with Gasteiger partial charge in [0, 0.05) is 36.1 Å². The predicted octanol–water partition coefficient (Wildman–Crippen LogP) is 3.74. The molecular formula is C32H27F2N7O. The highest BCUT2D eigenvalue weighted by Gasteiger charge is 2.43. The van der Waals surface area contributed by atoms with Gasteiger partial charge in [-0.3, -0.25) is 4.90 Å². The average molecular weight is 564 g/mol. The van der Waals surface area contributed by atoms with E-state index in [1.165, 1.54) is 24.3 Å². The number of terminal acetylenes is 1. The van der Waals surface area contributed by atoms with E-state index in [1.807, 2.05) is 0 Å². The van der Waals surface area contributed by atoms with Crippen molar-refractivity contribution in [3.05, 3.63) is 47.3 Å². The lowest BCUT2D eigenvalue weighted by Crippen LogP contribution is -2.44. The Bertz CT molecular complexity index is 1900. The Hall–Kier alpha value is -4.38. The van der Waals surface area contributed by atoms with Crippen LogP contribution in [-0.2, 0) is 0 Å². The summed E-state index contributed by atoms with van der Waals surface area (Å²) in [5.74, 6) is 8.28. The molecule has 8 nitrogen and oxygen atoms in total. The van der Waals surface area contributed by atoms with Gasteiger partial charge in [-0.2, -0.15) is 0 Å². The molecule has 2 aromatic heterocycles. The molecule has 210 valence electrons. The molecule has 4 saturated heterocycles. The van der Waals surface area contributed by atoms with Crippen molar-refractivity contribution >= 4 is 27.6 Å². The van der Waals surface area contributed by atoms with Crippen molar-refractivity contribution in [2.75, 3.05) is 31.1 Å². The molecule has 6 heterocycles. The summed E-state index contributed by atoms with van der Waals surface area (Å²) in [7, 11) is 0. The molecule has 0 radical (unpaired) electrons. The lowest BCUT2D eigenvalue weighted by Gasteiger charge is -2.29. The fourth-order valence-corrected chi connectivity index (χ4v) is 7.43. The number of phenolic OH excluding ortho intramolecular Hbond substituents is 1. The Kier molecular flexibility index (Phi) is 5.62. The number of hydrogen-bond acceptors (Lipinski definition) is 8. The van der Waals surface area contributed by atoms with E-state index in [9.17, 15) is 9.50 Å². The Balaban J connectivity index is 1.35. The second-order valence-electron chi connectivity index (χ2n) is 11.7. The van der Waals surface area contributed by atoms with Gasteiger partial charge in [0.25, 0.3) is 0 Å². The lowest BCUT2D eigenvalue weighted by molar-refractivity contribution is 0.261. The molecule has 0 saturated carbocycles. The highest BCUT2D eigenvalue weighted by atomic mass is 19.1. The number of anilines is 1. The van der Waals surface area contributed by atoms with Gasteiger partial charge in [-0.05, 0) is 74.7 Å². The zero-order valence-corrected chi connectivity index (χ0v) is 22.8. The molecule has 0 unspecified atom stereocenters. The summed E-state index contributed by atoms with van der Waals surface area (Å²) in [6.45, 7) is 3.59. The van der Waals surface area contributed by atoms with Crippen LogP contribution in [-0.4, -0.2) is 74.0 Å². The highest BCUT2D eigenvalue weighted by molar-refractivity contribution is 6.02. The summed E-state index contributed by atoms with van der Waals surface area (Å²) in [5, 5.41) is 23.4. The van der Waals surface area contributed by atoms with Gasteiger partial charge in [-0.15, -0.1) is 16.6 Å². The van der Waals surface area contributed by atoms with Gasteiger partial charge in [0.05, 0.1) is 11.1 Å². The van der Waals surface area contributed by atoms with E-state index in [1.54, 1.807) is 0 Å². The lowest BCUT2D eigenvalue weighted by atomic mass is 9.95. The number of fused-ring (bicyclic) bond motifs is 5. The molecule has 4 aromatic rings. The molecule has 2 aromatic carbocycles. The monoisotopic (exact) mass is 563 g/mol. The minimum absolute atomic E-state index is 0.0209. The van der Waals surface area contributed by atoms with Crippen molar-refractivity contribution in [2.45, 2.75) is 49.7 Å². The van der Waals surface area contributed by atoms with E-state index >= 15 is 4.39 Å². The number of benzene rings is 2. The van der Waals surface area contributed by atoms with E-state index in [2.05, 4.69) is 48.1 Å². The number of aromatic nitrogens is 4. The molecule has 2 atom stereocenters. The maximum absolute atomic E-state index is 16.6. The summed E-state index contributed by atoms with van der Waals surface area (Å²) < 4.78 is 31.4. The minimum atomic E-state index is -0.755. The second kappa shape index (κ2) is 9.32. The molecule has 0 amide bonds. The topological polar surface area (TPSA) is 90.3 Å². The molecule has 2 N–H and O–H groups in total. The van der Waals surface area contributed by atoms with Gasteiger partial charge < -0.3 is 15.3 Å². The maximum Gasteiger partial charge on any atom is 0.207 e. The van der Waals surface area contributed by atoms with Gasteiger partial charge in [-0.1, -0.05) is 17.9 Å². The van der Waals surface area contributed by atoms with Gasteiger partial charge >= 0.3 is 0 Å². The van der Waals surface area contributed by atoms with Crippen LogP contribution in [0.4, 0.5) is 14.6 Å². The largest absolute Gasteiger partial charge is 0.508 e. The molecule has 2 bridgehead atoms. The zero-order valence-electron chi connectivity index (χ0n) is 22.8. The summed E-state index contributed by atoms with van der Waals surface area (Å²) in [6, 6.07) is 6.01. The first-order valence-corrected chi connectivity index (χ1v) is 14.4. The number of piperazine rings is 1. The van der Waals surface area contributed by atoms with Crippen molar-refractivity contribution in [3.63, 3.8) is 0 Å². The summed E-state index contributed by atoms with van der Waals surface area (Å²) in [4.78, 5) is 14.0. The molecule has 42 heavy (non-hydrogen) atoms. The first kappa shape index (κ1) is 25.3. The summed E-state index contributed by atoms with van der Waals surface area (Å²) in [6.07, 6.45) is 10.8. The molecule has 4 aliphatic heterocycles. The standard InChI is InChI=1S/C32H27F2N7O/c1-2-22-24(33)6-5-18-13-21(42)15-23(26(18)22)28-27(34)29-30(39-38-28)31(41-17-19-14-20(41)16-35-19)37-25(36-29)7-10-32-8-3-11-40(32)12-4-9-32/h1,5-6,13,15,19-20,35,42H,3-4,8-9,11-12,14,16-17H2/t19-,20-/m1/s1. The average Bonchev–Trinajstić information content (AvgIpc) is 3.78. The van der Waals surface area contributed by atoms with E-state index in [4.69, 9.17) is 11.4 Å². The van der Waals surface area contributed by atoms with Crippen molar-refractivity contribution in [2.24, 2.45) is 0 Å². The molecule has 10 heteroatoms. The molecule has 0 spiro atoms. The normalized spacial score (nSPS) is 22.5. The van der Waals surface area contributed by atoms with Crippen LogP contribution in [0.1, 0.15) is 43.5 Å². The van der Waals surface area contributed by atoms with E-state index in [-0.39, 0.29) is 56.4 Å². The van der Waals surface area contributed by atoms with E-state index < -0.39 is 11.6 Å². The van der Waals surface area contributed by atoms with Crippen LogP contribution in [0.25, 0.3) is 33.1 Å². The number of rotatable bonds is 2. The summed E-state index contributed by atoms with van der Waals surface area (Å²) >= 11 is 0. The Morgan fingerprint density at radius 3 is 2.64 bits per heavy atom. The van der Waals surface area contributed by atoms with Crippen molar-refractivity contribution < 1.29 is 13.9 Å². The SMILES string of the molecule is C#Cc1c(F)ccc2cc(O)cc(-c3nnc4c(N5C[C@H]6C[C@@H]5CN6)nc(C#CC56CCCN5CCC6)nc4c3F)c12. The minimum Gasteiger partial charge on any atom is -0.508 e. The van der Waals surface area contributed by atoms with Gasteiger partial charge in [0.2, 0.25) is 5.82 Å². The van der Waals surface area contributed by atoms with Crippen LogP contribution >= 0.6 is 0 Å². The third-order valence-corrected chi connectivity index (χ3v) is 9.36. The van der Waals surface area contributed by atoms with Crippen molar-refractivity contribution in [1.29, 1.82) is 0 Å². The van der Waals surface area contributed by atoms with Crippen LogP contribution in [0.5, 0.6) is 5.75 Å². The van der Waals surface area contributed by atoms with Crippen molar-refractivity contribution in [3.8, 4) is 41.2 Å². The Labute approximate surface area is 241 Å². The van der Waals surface area contributed by atoms with Gasteiger partial charge in [-0.25, -0.2) is 18.7 Å². The third kappa shape index (κ3) is 3.76. The van der Waals surface area contributed by atoms with Crippen LogP contribution in [0.3, 0.4) is 0 Å². The van der Waals surface area contributed by atoms with Gasteiger partial charge in [0.1, 0.15) is 22.8 Å². The molecular weight excluding hydrogens is 536 g/mol. The van der Waals surface area contributed by atoms with Gasteiger partial charge in [0.15, 0.2) is 17.2 Å². The first-order chi connectivity index (χ1) is 20.4. The Morgan fingerprint density at radius 2 is 1.90 bits per heavy atom. The third-order valence-electron chi connectivity index (χ3n) is 9.36. The molecule has 0 aliphatic carbocycles. The Morgan fingerprint density at radius 1 is 1.07 bits per heavy atom. The van der Waals surface area contributed by atoms with E-state index in [0.717, 1.165) is 51.7 Å². The second-order valence-corrected chi connectivity index (χ2v) is 11.7. The predicted molar refractivity (Wildman–Crippen MR) is 155 cm³/mol. The van der Waals surface area contributed by atoms with Crippen LogP contribution in [0.2, 0.25) is 0 Å². The number of phenols is 1. The molecule has 8 rings (SSSR count). The van der Waals surface area contributed by atoms with Crippen molar-refractivity contribution in [1.82, 2.24) is 30.4 Å². The number of hydrogen-bond donors (Lipinski definition) is 2. The van der Waals surface area contributed by atoms with Crippen LogP contribution in [0, 0.1) is 35.8 Å². The molecule has 4 aliphatic rings. The number of aromatic hydroxyl groups is 1. The van der Waals surface area contributed by atoms with E-state index in [0.29, 0.717) is 23.8 Å². The van der Waals surface area contributed by atoms with Crippen LogP contribution in [0.15, 0.2) is 24.3 Å². The van der Waals surface area contributed by atoms with Crippen LogP contribution < -0.4 is 10.2 Å². The summed E-state index contributed by atoms with van der Waals surface area (Å²) in [5.41, 5.74) is -0.0544. The smallest absolute Gasteiger partial charge is 0.207 e. The molecule has 4 fully saturated rings. The number of nitrogens with one attached hydrogen (secondary N) is 1. The fourth-order valence-electron chi connectivity index (χ4n) is 7.43. The zero-order chi connectivity index (χ0) is 28.6. The maximum atomic E-state index is 16.6. The fraction of sp³-hybridized carbons (Fsp3) is 0.375. The number of halogens is 2. The number of nitrogens with zero attached hydrogens (tertiary/aromatic N) is 6. The highest BCUT2D eigenvalue weighted by Crippen LogP contribution is 2.40.